The minimum atomic E-state index is -0.756. The van der Waals surface area contributed by atoms with E-state index >= 15 is 0 Å². The van der Waals surface area contributed by atoms with Crippen LogP contribution < -0.4 is 0 Å². The molecule has 0 aromatic carbocycles. The molecule has 6 heteroatoms. The molecule has 0 radical (unpaired) electrons. The molecule has 0 unspecified atom stereocenters. The van der Waals surface area contributed by atoms with E-state index in [0.29, 0.717) is 19.3 Å². The van der Waals surface area contributed by atoms with Gasteiger partial charge in [0.25, 0.3) is 0 Å². The molecule has 6 nitrogen and oxygen atoms in total. The van der Waals surface area contributed by atoms with Crippen LogP contribution in [0.3, 0.4) is 0 Å². The zero-order chi connectivity index (χ0) is 35.3. The number of carbonyl (C=O) groups excluding carboxylic acids is 3. The van der Waals surface area contributed by atoms with Crippen molar-refractivity contribution in [2.24, 2.45) is 5.92 Å². The fourth-order valence-corrected chi connectivity index (χ4v) is 6.10. The lowest BCUT2D eigenvalue weighted by molar-refractivity contribution is -0.167. The van der Waals surface area contributed by atoms with E-state index in [4.69, 9.17) is 14.2 Å². The van der Waals surface area contributed by atoms with E-state index in [2.05, 4.69) is 27.7 Å². The van der Waals surface area contributed by atoms with Gasteiger partial charge in [0.2, 0.25) is 0 Å². The summed E-state index contributed by atoms with van der Waals surface area (Å²) in [5, 5.41) is 0. The van der Waals surface area contributed by atoms with Crippen LogP contribution in [0.15, 0.2) is 0 Å². The topological polar surface area (TPSA) is 78.9 Å². The average Bonchev–Trinajstić information content (AvgIpc) is 3.06. The minimum Gasteiger partial charge on any atom is -0.462 e. The lowest BCUT2D eigenvalue weighted by atomic mass is 10.0. The summed E-state index contributed by atoms with van der Waals surface area (Å²) in [6.45, 7) is 8.87. The van der Waals surface area contributed by atoms with Crippen LogP contribution in [0.5, 0.6) is 0 Å². The van der Waals surface area contributed by atoms with Crippen LogP contribution in [-0.4, -0.2) is 37.2 Å². The molecule has 0 spiro atoms. The van der Waals surface area contributed by atoms with Gasteiger partial charge in [-0.1, -0.05) is 188 Å². The monoisotopic (exact) mass is 681 g/mol. The number of ether oxygens (including phenoxy) is 3. The van der Waals surface area contributed by atoms with Crippen molar-refractivity contribution >= 4 is 17.9 Å². The van der Waals surface area contributed by atoms with E-state index in [1.54, 1.807) is 0 Å². The highest BCUT2D eigenvalue weighted by Gasteiger charge is 2.19. The third kappa shape index (κ3) is 35.7. The minimum absolute atomic E-state index is 0.0659. The van der Waals surface area contributed by atoms with Crippen molar-refractivity contribution in [1.29, 1.82) is 0 Å². The molecule has 0 rings (SSSR count). The molecule has 48 heavy (non-hydrogen) atoms. The zero-order valence-electron chi connectivity index (χ0n) is 32.4. The summed E-state index contributed by atoms with van der Waals surface area (Å²) < 4.78 is 16.5. The van der Waals surface area contributed by atoms with E-state index in [9.17, 15) is 14.4 Å². The van der Waals surface area contributed by atoms with Gasteiger partial charge in [-0.15, -0.1) is 0 Å². The third-order valence-corrected chi connectivity index (χ3v) is 9.29. The predicted molar refractivity (Wildman–Crippen MR) is 201 cm³/mol. The van der Waals surface area contributed by atoms with Gasteiger partial charge in [-0.2, -0.15) is 0 Å². The normalized spacial score (nSPS) is 11.9. The van der Waals surface area contributed by atoms with Crippen LogP contribution in [-0.2, 0) is 28.6 Å². The average molecular weight is 681 g/mol. The van der Waals surface area contributed by atoms with Crippen molar-refractivity contribution in [3.8, 4) is 0 Å². The Labute approximate surface area is 298 Å². The lowest BCUT2D eigenvalue weighted by Crippen LogP contribution is -2.30. The fourth-order valence-electron chi connectivity index (χ4n) is 6.10. The Morgan fingerprint density at radius 2 is 0.688 bits per heavy atom. The van der Waals surface area contributed by atoms with Gasteiger partial charge >= 0.3 is 17.9 Å². The molecule has 0 aliphatic carbocycles. The second kappa shape index (κ2) is 36.7. The van der Waals surface area contributed by atoms with Crippen molar-refractivity contribution in [2.75, 3.05) is 13.2 Å². The van der Waals surface area contributed by atoms with Crippen molar-refractivity contribution in [3.63, 3.8) is 0 Å². The molecule has 0 aromatic rings. The lowest BCUT2D eigenvalue weighted by Gasteiger charge is -2.18. The predicted octanol–water partition coefficient (Wildman–Crippen LogP) is 12.8. The third-order valence-electron chi connectivity index (χ3n) is 9.29. The quantitative estimate of drug-likeness (QED) is 0.0369. The van der Waals surface area contributed by atoms with E-state index in [0.717, 1.165) is 70.1 Å². The van der Waals surface area contributed by atoms with Crippen LogP contribution >= 0.6 is 0 Å². The first-order valence-corrected chi connectivity index (χ1v) is 20.9. The zero-order valence-corrected chi connectivity index (χ0v) is 32.4. The van der Waals surface area contributed by atoms with Gasteiger partial charge in [-0.25, -0.2) is 0 Å². The van der Waals surface area contributed by atoms with Gasteiger partial charge in [0.05, 0.1) is 0 Å². The second-order valence-electron chi connectivity index (χ2n) is 14.7. The highest BCUT2D eigenvalue weighted by Crippen LogP contribution is 2.15. The van der Waals surface area contributed by atoms with Gasteiger partial charge in [-0.05, 0) is 25.2 Å². The molecular formula is C42H80O6. The smallest absolute Gasteiger partial charge is 0.306 e. The van der Waals surface area contributed by atoms with Gasteiger partial charge in [0.15, 0.2) is 6.10 Å². The highest BCUT2D eigenvalue weighted by molar-refractivity contribution is 5.71. The van der Waals surface area contributed by atoms with Gasteiger partial charge in [0, 0.05) is 19.3 Å². The molecule has 0 fully saturated rings. The molecule has 0 aliphatic rings. The molecule has 0 aromatic heterocycles. The molecule has 0 bridgehead atoms. The Hall–Kier alpha value is -1.59. The maximum atomic E-state index is 12.5. The van der Waals surface area contributed by atoms with Crippen LogP contribution in [0.2, 0.25) is 0 Å². The number of esters is 3. The first kappa shape index (κ1) is 46.4. The standard InChI is InChI=1S/C42H80O6/c1-5-7-9-11-12-13-14-15-16-19-22-26-29-33-40(43)46-36-39(48-42(45)35-31-24-10-8-6-2)37-47-41(44)34-30-27-23-20-17-18-21-25-28-32-38(3)4/h38-39H,5-37H2,1-4H3/t39-/m0/s1. The summed E-state index contributed by atoms with van der Waals surface area (Å²) in [6.07, 6.45) is 34.0. The SMILES string of the molecule is CCCCCCCCCCCCCCCC(=O)OC[C@@H](COC(=O)CCCCCCCCCCCC(C)C)OC(=O)CCCCCCC. The first-order chi connectivity index (χ1) is 23.4. The first-order valence-electron chi connectivity index (χ1n) is 20.9. The van der Waals surface area contributed by atoms with Crippen molar-refractivity contribution < 1.29 is 28.6 Å². The molecule has 284 valence electrons. The molecule has 0 aliphatic heterocycles. The van der Waals surface area contributed by atoms with E-state index in [1.165, 1.54) is 116 Å². The summed E-state index contributed by atoms with van der Waals surface area (Å²) in [7, 11) is 0. The molecule has 0 heterocycles. The summed E-state index contributed by atoms with van der Waals surface area (Å²) in [5.74, 6) is -0.0662. The maximum Gasteiger partial charge on any atom is 0.306 e. The number of rotatable bonds is 37. The largest absolute Gasteiger partial charge is 0.462 e. The molecule has 0 saturated carbocycles. The molecule has 0 N–H and O–H groups in total. The second-order valence-corrected chi connectivity index (χ2v) is 14.7. The number of unbranched alkanes of at least 4 members (excludes halogenated alkanes) is 24. The van der Waals surface area contributed by atoms with Gasteiger partial charge in [0.1, 0.15) is 13.2 Å². The van der Waals surface area contributed by atoms with Crippen molar-refractivity contribution in [2.45, 2.75) is 233 Å². The van der Waals surface area contributed by atoms with Gasteiger partial charge in [-0.3, -0.25) is 14.4 Å². The Kier molecular flexibility index (Phi) is 35.5. The van der Waals surface area contributed by atoms with Crippen LogP contribution in [0.1, 0.15) is 227 Å². The maximum absolute atomic E-state index is 12.5. The van der Waals surface area contributed by atoms with Gasteiger partial charge < -0.3 is 14.2 Å². The van der Waals surface area contributed by atoms with E-state index in [1.807, 2.05) is 0 Å². The fraction of sp³-hybridized carbons (Fsp3) is 0.929. The Morgan fingerprint density at radius 3 is 1.02 bits per heavy atom. The number of hydrogen-bond acceptors (Lipinski definition) is 6. The van der Waals surface area contributed by atoms with Crippen molar-refractivity contribution in [3.05, 3.63) is 0 Å². The number of carbonyl (C=O) groups is 3. The van der Waals surface area contributed by atoms with E-state index < -0.39 is 6.10 Å². The number of hydrogen-bond donors (Lipinski definition) is 0. The highest BCUT2D eigenvalue weighted by atomic mass is 16.6. The van der Waals surface area contributed by atoms with Crippen LogP contribution in [0.25, 0.3) is 0 Å². The summed E-state index contributed by atoms with van der Waals surface area (Å²) in [4.78, 5) is 37.3. The summed E-state index contributed by atoms with van der Waals surface area (Å²) in [6, 6.07) is 0. The summed E-state index contributed by atoms with van der Waals surface area (Å²) >= 11 is 0. The molecule has 0 saturated heterocycles. The molecule has 1 atom stereocenters. The molecular weight excluding hydrogens is 600 g/mol. The van der Waals surface area contributed by atoms with Crippen LogP contribution in [0, 0.1) is 5.92 Å². The summed E-state index contributed by atoms with van der Waals surface area (Å²) in [5.41, 5.74) is 0. The Balaban J connectivity index is 4.19. The Bertz CT molecular complexity index is 721. The Morgan fingerprint density at radius 1 is 0.396 bits per heavy atom. The van der Waals surface area contributed by atoms with Crippen molar-refractivity contribution in [1.82, 2.24) is 0 Å². The van der Waals surface area contributed by atoms with E-state index in [-0.39, 0.29) is 31.1 Å². The molecule has 0 amide bonds. The van der Waals surface area contributed by atoms with Crippen LogP contribution in [0.4, 0.5) is 0 Å².